The summed E-state index contributed by atoms with van der Waals surface area (Å²) in [6.45, 7) is 0. The van der Waals surface area contributed by atoms with Crippen molar-refractivity contribution in [3.8, 4) is 0 Å². The van der Waals surface area contributed by atoms with Gasteiger partial charge in [0.25, 0.3) is 0 Å². The van der Waals surface area contributed by atoms with Crippen molar-refractivity contribution in [1.82, 2.24) is 5.32 Å². The highest BCUT2D eigenvalue weighted by molar-refractivity contribution is 7.98. The summed E-state index contributed by atoms with van der Waals surface area (Å²) in [5.74, 6) is -2.24. The van der Waals surface area contributed by atoms with Crippen LogP contribution in [0.25, 0.3) is 0 Å². The molecule has 0 aliphatic carbocycles. The molecule has 18 heavy (non-hydrogen) atoms. The fraction of sp³-hybridized carbons (Fsp3) is 0.700. The summed E-state index contributed by atoms with van der Waals surface area (Å²) in [4.78, 5) is 32.7. The molecule has 0 unspecified atom stereocenters. The van der Waals surface area contributed by atoms with Crippen LogP contribution in [0.2, 0.25) is 0 Å². The number of aliphatic carboxylic acids is 2. The lowest BCUT2D eigenvalue weighted by Crippen LogP contribution is -2.48. The third kappa shape index (κ3) is 7.13. The Bertz CT molecular complexity index is 311. The largest absolute Gasteiger partial charge is 0.481 e. The molecule has 7 nitrogen and oxygen atoms in total. The van der Waals surface area contributed by atoms with Crippen LogP contribution in [-0.4, -0.2) is 52.2 Å². The van der Waals surface area contributed by atoms with E-state index in [1.54, 1.807) is 0 Å². The van der Waals surface area contributed by atoms with Gasteiger partial charge in [0.1, 0.15) is 6.04 Å². The van der Waals surface area contributed by atoms with Crippen LogP contribution in [0.5, 0.6) is 0 Å². The zero-order chi connectivity index (χ0) is 14.1. The highest BCUT2D eigenvalue weighted by Gasteiger charge is 2.23. The van der Waals surface area contributed by atoms with E-state index >= 15 is 0 Å². The summed E-state index contributed by atoms with van der Waals surface area (Å²) >= 11 is 1.53. The molecule has 0 aromatic heterocycles. The van der Waals surface area contributed by atoms with Crippen molar-refractivity contribution in [2.75, 3.05) is 12.0 Å². The predicted molar refractivity (Wildman–Crippen MR) is 67.4 cm³/mol. The zero-order valence-corrected chi connectivity index (χ0v) is 10.9. The van der Waals surface area contributed by atoms with Crippen LogP contribution in [-0.2, 0) is 14.4 Å². The molecule has 1 amide bonds. The van der Waals surface area contributed by atoms with Gasteiger partial charge < -0.3 is 21.3 Å². The van der Waals surface area contributed by atoms with Crippen LogP contribution in [0.15, 0.2) is 0 Å². The van der Waals surface area contributed by atoms with Gasteiger partial charge in [0.15, 0.2) is 0 Å². The van der Waals surface area contributed by atoms with Gasteiger partial charge >= 0.3 is 11.9 Å². The van der Waals surface area contributed by atoms with E-state index in [1.165, 1.54) is 11.8 Å². The summed E-state index contributed by atoms with van der Waals surface area (Å²) in [6, 6.07) is -1.99. The molecule has 0 bridgehead atoms. The second-order valence-corrected chi connectivity index (χ2v) is 4.71. The Hall–Kier alpha value is -1.28. The van der Waals surface area contributed by atoms with Gasteiger partial charge in [0.05, 0.1) is 6.04 Å². The molecule has 0 aromatic carbocycles. The smallest absolute Gasteiger partial charge is 0.326 e. The molecule has 0 heterocycles. The van der Waals surface area contributed by atoms with Gasteiger partial charge in [-0.3, -0.25) is 9.59 Å². The second-order valence-electron chi connectivity index (χ2n) is 3.72. The van der Waals surface area contributed by atoms with E-state index < -0.39 is 29.9 Å². The molecule has 8 heteroatoms. The molecule has 0 aromatic rings. The fourth-order valence-electron chi connectivity index (χ4n) is 1.18. The molecule has 0 aliphatic rings. The van der Waals surface area contributed by atoms with E-state index in [-0.39, 0.29) is 12.8 Å². The first-order valence-corrected chi connectivity index (χ1v) is 6.77. The number of thioether (sulfide) groups is 1. The SMILES string of the molecule is CSCC[C@@H](N)C(=O)N[C@H](CCC(=O)O)C(=O)O. The maximum atomic E-state index is 11.6. The lowest BCUT2D eigenvalue weighted by atomic mass is 10.1. The molecule has 0 saturated heterocycles. The Morgan fingerprint density at radius 3 is 2.33 bits per heavy atom. The topological polar surface area (TPSA) is 130 Å². The van der Waals surface area contributed by atoms with Crippen LogP contribution < -0.4 is 11.1 Å². The zero-order valence-electron chi connectivity index (χ0n) is 10.1. The Balaban J connectivity index is 4.26. The Labute approximate surface area is 109 Å². The number of amides is 1. The predicted octanol–water partition coefficient (Wildman–Crippen LogP) is -0.499. The van der Waals surface area contributed by atoms with Crippen LogP contribution in [0.3, 0.4) is 0 Å². The standard InChI is InChI=1S/C10H18N2O5S/c1-18-5-4-6(11)9(15)12-7(10(16)17)2-3-8(13)14/h6-7H,2-5,11H2,1H3,(H,12,15)(H,13,14)(H,16,17)/t6-,7-/m1/s1. The number of carbonyl (C=O) groups excluding carboxylic acids is 1. The van der Waals surface area contributed by atoms with E-state index in [9.17, 15) is 14.4 Å². The van der Waals surface area contributed by atoms with E-state index in [0.717, 1.165) is 0 Å². The number of nitrogens with two attached hydrogens (primary N) is 1. The number of rotatable bonds is 9. The quantitative estimate of drug-likeness (QED) is 0.447. The van der Waals surface area contributed by atoms with E-state index in [4.69, 9.17) is 15.9 Å². The van der Waals surface area contributed by atoms with Crippen molar-refractivity contribution in [3.05, 3.63) is 0 Å². The molecule has 5 N–H and O–H groups in total. The first-order valence-electron chi connectivity index (χ1n) is 5.38. The summed E-state index contributed by atoms with van der Waals surface area (Å²) in [5.41, 5.74) is 5.57. The number of nitrogens with one attached hydrogen (secondary N) is 1. The lowest BCUT2D eigenvalue weighted by molar-refractivity contribution is -0.143. The third-order valence-corrected chi connectivity index (χ3v) is 2.88. The first-order chi connectivity index (χ1) is 8.38. The van der Waals surface area contributed by atoms with Crippen LogP contribution in [0.1, 0.15) is 19.3 Å². The second kappa shape index (κ2) is 8.76. The third-order valence-electron chi connectivity index (χ3n) is 2.23. The van der Waals surface area contributed by atoms with E-state index in [1.807, 2.05) is 6.26 Å². The van der Waals surface area contributed by atoms with Crippen LogP contribution in [0, 0.1) is 0 Å². The number of carbonyl (C=O) groups is 3. The maximum absolute atomic E-state index is 11.6. The monoisotopic (exact) mass is 278 g/mol. The van der Waals surface area contributed by atoms with Gasteiger partial charge in [-0.2, -0.15) is 11.8 Å². The van der Waals surface area contributed by atoms with Gasteiger partial charge in [-0.15, -0.1) is 0 Å². The van der Waals surface area contributed by atoms with Crippen LogP contribution >= 0.6 is 11.8 Å². The molecule has 2 atom stereocenters. The van der Waals surface area contributed by atoms with Gasteiger partial charge in [-0.1, -0.05) is 0 Å². The van der Waals surface area contributed by atoms with Gasteiger partial charge in [-0.05, 0) is 24.9 Å². The van der Waals surface area contributed by atoms with Crippen molar-refractivity contribution in [3.63, 3.8) is 0 Å². The van der Waals surface area contributed by atoms with E-state index in [2.05, 4.69) is 5.32 Å². The van der Waals surface area contributed by atoms with Crippen molar-refractivity contribution in [1.29, 1.82) is 0 Å². The normalized spacial score (nSPS) is 13.7. The minimum absolute atomic E-state index is 0.161. The summed E-state index contributed by atoms with van der Waals surface area (Å²) in [5, 5.41) is 19.6. The minimum Gasteiger partial charge on any atom is -0.481 e. The highest BCUT2D eigenvalue weighted by Crippen LogP contribution is 2.02. The van der Waals surface area contributed by atoms with Crippen molar-refractivity contribution in [2.24, 2.45) is 5.73 Å². The number of hydrogen-bond acceptors (Lipinski definition) is 5. The summed E-state index contributed by atoms with van der Waals surface area (Å²) in [6.07, 6.45) is 1.83. The van der Waals surface area contributed by atoms with Gasteiger partial charge in [0, 0.05) is 6.42 Å². The summed E-state index contributed by atoms with van der Waals surface area (Å²) < 4.78 is 0. The summed E-state index contributed by atoms with van der Waals surface area (Å²) in [7, 11) is 0. The maximum Gasteiger partial charge on any atom is 0.326 e. The lowest BCUT2D eigenvalue weighted by Gasteiger charge is -2.16. The Morgan fingerprint density at radius 2 is 1.89 bits per heavy atom. The minimum atomic E-state index is -1.26. The average molecular weight is 278 g/mol. The number of carboxylic acid groups (broad SMARTS) is 2. The molecule has 0 fully saturated rings. The number of carboxylic acids is 2. The van der Waals surface area contributed by atoms with Crippen LogP contribution in [0.4, 0.5) is 0 Å². The van der Waals surface area contributed by atoms with Crippen molar-refractivity contribution < 1.29 is 24.6 Å². The van der Waals surface area contributed by atoms with Gasteiger partial charge in [-0.25, -0.2) is 4.79 Å². The van der Waals surface area contributed by atoms with Gasteiger partial charge in [0.2, 0.25) is 5.91 Å². The first kappa shape index (κ1) is 16.7. The molecule has 0 rings (SSSR count). The molecular weight excluding hydrogens is 260 g/mol. The molecule has 104 valence electrons. The Morgan fingerprint density at radius 1 is 1.28 bits per heavy atom. The molecule has 0 saturated carbocycles. The fourth-order valence-corrected chi connectivity index (χ4v) is 1.67. The van der Waals surface area contributed by atoms with Crippen molar-refractivity contribution in [2.45, 2.75) is 31.3 Å². The molecular formula is C10H18N2O5S. The Kier molecular flexibility index (Phi) is 8.14. The number of hydrogen-bond donors (Lipinski definition) is 4. The molecule has 0 spiro atoms. The molecule has 0 radical (unpaired) electrons. The molecule has 0 aliphatic heterocycles. The average Bonchev–Trinajstić information content (AvgIpc) is 2.30. The van der Waals surface area contributed by atoms with Crippen molar-refractivity contribution >= 4 is 29.6 Å². The highest BCUT2D eigenvalue weighted by atomic mass is 32.2. The van der Waals surface area contributed by atoms with E-state index in [0.29, 0.717) is 12.2 Å².